The fourth-order valence-corrected chi connectivity index (χ4v) is 3.68. The van der Waals surface area contributed by atoms with Gasteiger partial charge in [0.1, 0.15) is 16.6 Å². The molecule has 1 heterocycles. The van der Waals surface area contributed by atoms with Crippen LogP contribution in [0, 0.1) is 0 Å². The number of rotatable bonds is 7. The summed E-state index contributed by atoms with van der Waals surface area (Å²) in [5, 5.41) is 0. The van der Waals surface area contributed by atoms with Gasteiger partial charge in [-0.2, -0.15) is 0 Å². The normalized spacial score (nSPS) is 26.9. The maximum atomic E-state index is 11.6. The van der Waals surface area contributed by atoms with E-state index in [9.17, 15) is 14.4 Å². The minimum atomic E-state index is -0.931. The largest absolute Gasteiger partial charge is 0.463 e. The summed E-state index contributed by atoms with van der Waals surface area (Å²) in [6, 6.07) is 9.50. The highest BCUT2D eigenvalue weighted by Gasteiger charge is 2.49. The molecular weight excluding hydrogens is 483 g/mol. The molecule has 1 aliphatic heterocycles. The van der Waals surface area contributed by atoms with Crippen LogP contribution >= 0.6 is 22.6 Å². The predicted octanol–water partition coefficient (Wildman–Crippen LogP) is 2.16. The van der Waals surface area contributed by atoms with Gasteiger partial charge >= 0.3 is 17.9 Å². The molecule has 0 spiro atoms. The molecule has 9 heteroatoms. The van der Waals surface area contributed by atoms with Crippen molar-refractivity contribution in [3.8, 4) is 0 Å². The average molecular weight is 506 g/mol. The Morgan fingerprint density at radius 2 is 1.57 bits per heavy atom. The van der Waals surface area contributed by atoms with Gasteiger partial charge in [-0.05, 0) is 5.56 Å². The van der Waals surface area contributed by atoms with E-state index in [-0.39, 0.29) is 13.2 Å². The first-order chi connectivity index (χ1) is 13.3. The molecule has 0 saturated carbocycles. The molecule has 28 heavy (non-hydrogen) atoms. The van der Waals surface area contributed by atoms with E-state index in [0.29, 0.717) is 0 Å². The van der Waals surface area contributed by atoms with Gasteiger partial charge in [0, 0.05) is 20.8 Å². The summed E-state index contributed by atoms with van der Waals surface area (Å²) in [6.07, 6.45) is -3.36. The summed E-state index contributed by atoms with van der Waals surface area (Å²) in [4.78, 5) is 34.4. The van der Waals surface area contributed by atoms with Crippen LogP contribution in [-0.2, 0) is 44.7 Å². The molecule has 154 valence electrons. The molecule has 5 atom stereocenters. The molecule has 0 aliphatic carbocycles. The molecule has 0 bridgehead atoms. The van der Waals surface area contributed by atoms with Crippen LogP contribution in [0.4, 0.5) is 0 Å². The number of ether oxygens (including phenoxy) is 5. The quantitative estimate of drug-likeness (QED) is 0.240. The van der Waals surface area contributed by atoms with E-state index in [0.717, 1.165) is 5.56 Å². The minimum Gasteiger partial charge on any atom is -0.463 e. The third kappa shape index (κ3) is 6.71. The standard InChI is InChI=1S/C19H23IO8/c1-11(21)24-10-15-17(26-12(2)22)18(27-13(3)23)16(20)19(28-15)25-9-14-7-5-4-6-8-14/h4-8,15-19H,9-10H2,1-3H3/t15-,16+,17-,18-,19+/m1/s1. The van der Waals surface area contributed by atoms with Gasteiger partial charge in [0.2, 0.25) is 0 Å². The van der Waals surface area contributed by atoms with E-state index in [1.54, 1.807) is 0 Å². The summed E-state index contributed by atoms with van der Waals surface area (Å²) in [5.74, 6) is -1.60. The molecule has 8 nitrogen and oxygen atoms in total. The first kappa shape index (κ1) is 22.6. The van der Waals surface area contributed by atoms with Crippen LogP contribution < -0.4 is 0 Å². The summed E-state index contributed by atoms with van der Waals surface area (Å²) in [5.41, 5.74) is 0.942. The molecule has 0 aromatic heterocycles. The topological polar surface area (TPSA) is 97.4 Å². The SMILES string of the molecule is CC(=O)OC[C@H]1O[C@H](OCc2ccccc2)[C@@H](I)[C@@H](OC(C)=O)[C@@H]1OC(C)=O. The van der Waals surface area contributed by atoms with Crippen LogP contribution in [0.1, 0.15) is 26.3 Å². The van der Waals surface area contributed by atoms with Crippen molar-refractivity contribution in [3.63, 3.8) is 0 Å². The van der Waals surface area contributed by atoms with Gasteiger partial charge in [0.25, 0.3) is 0 Å². The maximum Gasteiger partial charge on any atom is 0.303 e. The lowest BCUT2D eigenvalue weighted by molar-refractivity contribution is -0.262. The first-order valence-corrected chi connectivity index (χ1v) is 9.95. The van der Waals surface area contributed by atoms with Crippen molar-refractivity contribution in [2.24, 2.45) is 0 Å². The Kier molecular flexibility index (Phi) is 8.64. The van der Waals surface area contributed by atoms with E-state index in [4.69, 9.17) is 23.7 Å². The number of carbonyl (C=O) groups excluding carboxylic acids is 3. The van der Waals surface area contributed by atoms with E-state index in [1.165, 1.54) is 20.8 Å². The Morgan fingerprint density at radius 1 is 0.964 bits per heavy atom. The van der Waals surface area contributed by atoms with Crippen molar-refractivity contribution in [1.82, 2.24) is 0 Å². The highest BCUT2D eigenvalue weighted by molar-refractivity contribution is 14.1. The van der Waals surface area contributed by atoms with Crippen LogP contribution in [-0.4, -0.2) is 53.0 Å². The molecule has 0 amide bonds. The number of hydrogen-bond acceptors (Lipinski definition) is 8. The van der Waals surface area contributed by atoms with Gasteiger partial charge in [0.15, 0.2) is 18.5 Å². The monoisotopic (exact) mass is 506 g/mol. The molecule has 0 radical (unpaired) electrons. The van der Waals surface area contributed by atoms with E-state index in [2.05, 4.69) is 0 Å². The molecule has 0 N–H and O–H groups in total. The summed E-state index contributed by atoms with van der Waals surface area (Å²) in [6.45, 7) is 3.88. The maximum absolute atomic E-state index is 11.6. The van der Waals surface area contributed by atoms with Gasteiger partial charge in [-0.15, -0.1) is 0 Å². The molecule has 1 saturated heterocycles. The lowest BCUT2D eigenvalue weighted by Crippen LogP contribution is -2.59. The Morgan fingerprint density at radius 3 is 2.14 bits per heavy atom. The third-order valence-corrected chi connectivity index (χ3v) is 5.18. The summed E-state index contributed by atoms with van der Waals surface area (Å²) in [7, 11) is 0. The van der Waals surface area contributed by atoms with Crippen LogP contribution in [0.25, 0.3) is 0 Å². The fraction of sp³-hybridized carbons (Fsp3) is 0.526. The smallest absolute Gasteiger partial charge is 0.303 e. The van der Waals surface area contributed by atoms with Gasteiger partial charge in [-0.3, -0.25) is 14.4 Å². The zero-order valence-electron chi connectivity index (χ0n) is 15.8. The van der Waals surface area contributed by atoms with Gasteiger partial charge in [-0.25, -0.2) is 0 Å². The summed E-state index contributed by atoms with van der Waals surface area (Å²) < 4.78 is 27.1. The highest BCUT2D eigenvalue weighted by atomic mass is 127. The molecule has 1 fully saturated rings. The molecule has 1 aromatic carbocycles. The van der Waals surface area contributed by atoms with Gasteiger partial charge in [-0.1, -0.05) is 52.9 Å². The molecule has 2 rings (SSSR count). The molecule has 0 unspecified atom stereocenters. The van der Waals surface area contributed by atoms with E-state index < -0.39 is 46.4 Å². The fourth-order valence-electron chi connectivity index (χ4n) is 2.75. The Balaban J connectivity index is 2.19. The number of benzene rings is 1. The highest BCUT2D eigenvalue weighted by Crippen LogP contribution is 2.32. The Labute approximate surface area is 176 Å². The zero-order chi connectivity index (χ0) is 20.7. The Bertz CT molecular complexity index is 680. The number of halogens is 1. The van der Waals surface area contributed by atoms with Crippen LogP contribution in [0.2, 0.25) is 0 Å². The second-order valence-electron chi connectivity index (χ2n) is 6.23. The summed E-state index contributed by atoms with van der Waals surface area (Å²) >= 11 is 2.04. The predicted molar refractivity (Wildman–Crippen MR) is 105 cm³/mol. The molecule has 1 aromatic rings. The Hall–Kier alpha value is -1.72. The van der Waals surface area contributed by atoms with Crippen molar-refractivity contribution in [2.45, 2.75) is 55.9 Å². The van der Waals surface area contributed by atoms with Crippen LogP contribution in [0.15, 0.2) is 30.3 Å². The first-order valence-electron chi connectivity index (χ1n) is 8.70. The van der Waals surface area contributed by atoms with Crippen molar-refractivity contribution < 1.29 is 38.1 Å². The number of esters is 3. The second kappa shape index (κ2) is 10.7. The van der Waals surface area contributed by atoms with Crippen molar-refractivity contribution >= 4 is 40.5 Å². The lowest BCUT2D eigenvalue weighted by atomic mass is 10.0. The van der Waals surface area contributed by atoms with Crippen LogP contribution in [0.5, 0.6) is 0 Å². The molecule has 1 aliphatic rings. The number of hydrogen-bond donors (Lipinski definition) is 0. The lowest BCUT2D eigenvalue weighted by Gasteiger charge is -2.43. The average Bonchev–Trinajstić information content (AvgIpc) is 2.63. The second-order valence-corrected chi connectivity index (χ2v) is 7.67. The van der Waals surface area contributed by atoms with Crippen LogP contribution in [0.3, 0.4) is 0 Å². The van der Waals surface area contributed by atoms with Crippen molar-refractivity contribution in [2.75, 3.05) is 6.61 Å². The van der Waals surface area contributed by atoms with Crippen molar-refractivity contribution in [3.05, 3.63) is 35.9 Å². The van der Waals surface area contributed by atoms with E-state index in [1.807, 2.05) is 52.9 Å². The number of carbonyl (C=O) groups is 3. The third-order valence-electron chi connectivity index (χ3n) is 3.89. The van der Waals surface area contributed by atoms with E-state index >= 15 is 0 Å². The molecular formula is C19H23IO8. The van der Waals surface area contributed by atoms with Gasteiger partial charge in [0.05, 0.1) is 6.61 Å². The number of alkyl halides is 1. The van der Waals surface area contributed by atoms with Gasteiger partial charge < -0.3 is 23.7 Å². The van der Waals surface area contributed by atoms with Crippen molar-refractivity contribution in [1.29, 1.82) is 0 Å². The zero-order valence-corrected chi connectivity index (χ0v) is 18.0. The minimum absolute atomic E-state index is 0.167.